The number of rotatable bonds is 4. The molecule has 1 aromatic heterocycles. The van der Waals surface area contributed by atoms with E-state index in [0.29, 0.717) is 0 Å². The SMILES string of the molecule is CCC(C)(C(N)c1cn(C)cn1)N1CCCCC1. The van der Waals surface area contributed by atoms with Gasteiger partial charge in [0, 0.05) is 18.8 Å². The van der Waals surface area contributed by atoms with Gasteiger partial charge < -0.3 is 10.3 Å². The van der Waals surface area contributed by atoms with E-state index in [1.165, 1.54) is 32.4 Å². The van der Waals surface area contributed by atoms with Crippen LogP contribution in [0.2, 0.25) is 0 Å². The Balaban J connectivity index is 2.19. The van der Waals surface area contributed by atoms with Crippen LogP contribution in [-0.2, 0) is 7.05 Å². The molecule has 2 unspecified atom stereocenters. The van der Waals surface area contributed by atoms with Crippen LogP contribution in [0.15, 0.2) is 12.5 Å². The summed E-state index contributed by atoms with van der Waals surface area (Å²) >= 11 is 0. The van der Waals surface area contributed by atoms with Crippen LogP contribution in [-0.4, -0.2) is 33.1 Å². The third-order valence-electron chi connectivity index (χ3n) is 4.51. The molecule has 0 radical (unpaired) electrons. The third-order valence-corrected chi connectivity index (χ3v) is 4.51. The first-order valence-electron chi connectivity index (χ1n) is 7.06. The summed E-state index contributed by atoms with van der Waals surface area (Å²) in [7, 11) is 1.99. The molecule has 1 aromatic rings. The lowest BCUT2D eigenvalue weighted by Crippen LogP contribution is -2.54. The van der Waals surface area contributed by atoms with Crippen molar-refractivity contribution in [2.75, 3.05) is 13.1 Å². The van der Waals surface area contributed by atoms with Crippen LogP contribution in [0.5, 0.6) is 0 Å². The van der Waals surface area contributed by atoms with Gasteiger partial charge >= 0.3 is 0 Å². The molecule has 1 fully saturated rings. The predicted octanol–water partition coefficient (Wildman–Crippen LogP) is 2.07. The van der Waals surface area contributed by atoms with Crippen LogP contribution in [0.25, 0.3) is 0 Å². The molecular weight excluding hydrogens is 224 g/mol. The largest absolute Gasteiger partial charge is 0.340 e. The number of nitrogens with zero attached hydrogens (tertiary/aromatic N) is 3. The second-order valence-electron chi connectivity index (χ2n) is 5.70. The third kappa shape index (κ3) is 2.45. The predicted molar refractivity (Wildman–Crippen MR) is 74.3 cm³/mol. The van der Waals surface area contributed by atoms with Gasteiger partial charge in [-0.1, -0.05) is 13.3 Å². The lowest BCUT2D eigenvalue weighted by atomic mass is 9.84. The lowest BCUT2D eigenvalue weighted by Gasteiger charge is -2.46. The molecule has 0 amide bonds. The average Bonchev–Trinajstić information content (AvgIpc) is 2.84. The summed E-state index contributed by atoms with van der Waals surface area (Å²) < 4.78 is 1.97. The van der Waals surface area contributed by atoms with Crippen molar-refractivity contribution < 1.29 is 0 Å². The van der Waals surface area contributed by atoms with E-state index < -0.39 is 0 Å². The van der Waals surface area contributed by atoms with Gasteiger partial charge in [-0.3, -0.25) is 4.90 Å². The van der Waals surface area contributed by atoms with Crippen molar-refractivity contribution in [3.8, 4) is 0 Å². The van der Waals surface area contributed by atoms with Crippen molar-refractivity contribution in [1.82, 2.24) is 14.5 Å². The Labute approximate surface area is 110 Å². The van der Waals surface area contributed by atoms with Crippen molar-refractivity contribution in [2.45, 2.75) is 51.1 Å². The van der Waals surface area contributed by atoms with E-state index in [2.05, 4.69) is 23.7 Å². The van der Waals surface area contributed by atoms with Crippen LogP contribution in [0.3, 0.4) is 0 Å². The fourth-order valence-corrected chi connectivity index (χ4v) is 2.96. The van der Waals surface area contributed by atoms with Gasteiger partial charge in [0.15, 0.2) is 0 Å². The monoisotopic (exact) mass is 250 g/mol. The first kappa shape index (κ1) is 13.6. The van der Waals surface area contributed by atoms with Gasteiger partial charge in [0.25, 0.3) is 0 Å². The molecular formula is C14H26N4. The van der Waals surface area contributed by atoms with Crippen LogP contribution in [0.1, 0.15) is 51.3 Å². The fourth-order valence-electron chi connectivity index (χ4n) is 2.96. The maximum Gasteiger partial charge on any atom is 0.0947 e. The van der Waals surface area contributed by atoms with Crippen LogP contribution in [0, 0.1) is 0 Å². The van der Waals surface area contributed by atoms with E-state index in [-0.39, 0.29) is 11.6 Å². The zero-order chi connectivity index (χ0) is 13.2. The van der Waals surface area contributed by atoms with Gasteiger partial charge in [0.05, 0.1) is 18.1 Å². The number of hydrogen-bond acceptors (Lipinski definition) is 3. The molecule has 2 atom stereocenters. The zero-order valence-electron chi connectivity index (χ0n) is 11.9. The minimum atomic E-state index is -0.0122. The molecule has 0 spiro atoms. The Bertz CT molecular complexity index is 381. The molecule has 0 bridgehead atoms. The molecule has 102 valence electrons. The molecule has 2 N–H and O–H groups in total. The lowest BCUT2D eigenvalue weighted by molar-refractivity contribution is 0.0532. The van der Waals surface area contributed by atoms with Gasteiger partial charge in [-0.05, 0) is 39.3 Å². The summed E-state index contributed by atoms with van der Waals surface area (Å²) in [5, 5.41) is 0. The highest BCUT2D eigenvalue weighted by molar-refractivity contribution is 5.11. The number of piperidine rings is 1. The Morgan fingerprint density at radius 1 is 1.39 bits per heavy atom. The number of nitrogens with two attached hydrogens (primary N) is 1. The highest BCUT2D eigenvalue weighted by Crippen LogP contribution is 2.33. The number of aryl methyl sites for hydroxylation is 1. The second-order valence-corrected chi connectivity index (χ2v) is 5.70. The number of likely N-dealkylation sites (tertiary alicyclic amines) is 1. The van der Waals surface area contributed by atoms with Gasteiger partial charge in [0.1, 0.15) is 0 Å². The molecule has 4 heteroatoms. The standard InChI is InChI=1S/C14H26N4/c1-4-14(2,18-8-6-5-7-9-18)13(15)12-10-17(3)11-16-12/h10-11,13H,4-9,15H2,1-3H3. The highest BCUT2D eigenvalue weighted by Gasteiger charge is 2.38. The van der Waals surface area contributed by atoms with Gasteiger partial charge in [-0.2, -0.15) is 0 Å². The van der Waals surface area contributed by atoms with Gasteiger partial charge in [-0.15, -0.1) is 0 Å². The normalized spacial score (nSPS) is 22.7. The molecule has 0 aromatic carbocycles. The smallest absolute Gasteiger partial charge is 0.0947 e. The van der Waals surface area contributed by atoms with E-state index in [1.807, 2.05) is 24.1 Å². The van der Waals surface area contributed by atoms with E-state index in [0.717, 1.165) is 12.1 Å². The maximum absolute atomic E-state index is 6.51. The first-order chi connectivity index (χ1) is 8.58. The van der Waals surface area contributed by atoms with Crippen LogP contribution in [0.4, 0.5) is 0 Å². The van der Waals surface area contributed by atoms with E-state index in [9.17, 15) is 0 Å². The minimum absolute atomic E-state index is 0.0122. The molecule has 0 aliphatic carbocycles. The van der Waals surface area contributed by atoms with Gasteiger partial charge in [0.2, 0.25) is 0 Å². The topological polar surface area (TPSA) is 47.1 Å². The molecule has 1 aliphatic heterocycles. The molecule has 2 rings (SSSR count). The maximum atomic E-state index is 6.51. The molecule has 1 saturated heterocycles. The molecule has 1 aliphatic rings. The number of imidazole rings is 1. The van der Waals surface area contributed by atoms with Crippen LogP contribution >= 0.6 is 0 Å². The average molecular weight is 250 g/mol. The molecule has 18 heavy (non-hydrogen) atoms. The van der Waals surface area contributed by atoms with Crippen molar-refractivity contribution in [3.05, 3.63) is 18.2 Å². The Morgan fingerprint density at radius 2 is 2.06 bits per heavy atom. The Morgan fingerprint density at radius 3 is 2.56 bits per heavy atom. The molecule has 2 heterocycles. The van der Waals surface area contributed by atoms with Crippen molar-refractivity contribution >= 4 is 0 Å². The summed E-state index contributed by atoms with van der Waals surface area (Å²) in [6.45, 7) is 6.87. The van der Waals surface area contributed by atoms with Crippen molar-refractivity contribution in [1.29, 1.82) is 0 Å². The Hall–Kier alpha value is -0.870. The Kier molecular flexibility index (Phi) is 4.07. The number of aromatic nitrogens is 2. The zero-order valence-corrected chi connectivity index (χ0v) is 11.9. The van der Waals surface area contributed by atoms with Crippen LogP contribution < -0.4 is 5.73 Å². The van der Waals surface area contributed by atoms with E-state index in [4.69, 9.17) is 5.73 Å². The van der Waals surface area contributed by atoms with Crippen molar-refractivity contribution in [2.24, 2.45) is 12.8 Å². The van der Waals surface area contributed by atoms with Crippen molar-refractivity contribution in [3.63, 3.8) is 0 Å². The second kappa shape index (κ2) is 5.41. The van der Waals surface area contributed by atoms with E-state index >= 15 is 0 Å². The summed E-state index contributed by atoms with van der Waals surface area (Å²) in [6.07, 6.45) is 8.89. The summed E-state index contributed by atoms with van der Waals surface area (Å²) in [6, 6.07) is -0.0122. The fraction of sp³-hybridized carbons (Fsp3) is 0.786. The van der Waals surface area contributed by atoms with E-state index in [1.54, 1.807) is 0 Å². The molecule has 0 saturated carbocycles. The minimum Gasteiger partial charge on any atom is -0.340 e. The first-order valence-corrected chi connectivity index (χ1v) is 7.06. The molecule has 4 nitrogen and oxygen atoms in total. The summed E-state index contributed by atoms with van der Waals surface area (Å²) in [5.41, 5.74) is 7.54. The number of hydrogen-bond donors (Lipinski definition) is 1. The highest BCUT2D eigenvalue weighted by atomic mass is 15.2. The van der Waals surface area contributed by atoms with Gasteiger partial charge in [-0.25, -0.2) is 4.98 Å². The quantitative estimate of drug-likeness (QED) is 0.890. The summed E-state index contributed by atoms with van der Waals surface area (Å²) in [4.78, 5) is 7.00. The summed E-state index contributed by atoms with van der Waals surface area (Å²) in [5.74, 6) is 0.